The maximum Gasteiger partial charge on any atom is 0.310 e. The maximum atomic E-state index is 12.1. The second-order valence-electron chi connectivity index (χ2n) is 5.87. The summed E-state index contributed by atoms with van der Waals surface area (Å²) in [5.41, 5.74) is 1.48. The molecule has 2 rings (SSSR count). The van der Waals surface area contributed by atoms with Gasteiger partial charge in [0.15, 0.2) is 0 Å². The number of hydrogen-bond acceptors (Lipinski definition) is 2. The fourth-order valence-electron chi connectivity index (χ4n) is 3.16. The predicted octanol–water partition coefficient (Wildman–Crippen LogP) is 2.90. The SMILES string of the molecule is CCc1ccccc1CNC(=O)CC1(C(=O)O)CCCC1. The molecule has 2 N–H and O–H groups in total. The molecule has 1 aliphatic carbocycles. The second kappa shape index (κ2) is 6.74. The Balaban J connectivity index is 1.94. The number of hydrogen-bond donors (Lipinski definition) is 2. The highest BCUT2D eigenvalue weighted by atomic mass is 16.4. The fourth-order valence-corrected chi connectivity index (χ4v) is 3.16. The normalized spacial score (nSPS) is 16.6. The van der Waals surface area contributed by atoms with E-state index in [0.717, 1.165) is 24.8 Å². The molecule has 1 aromatic carbocycles. The zero-order valence-corrected chi connectivity index (χ0v) is 12.5. The summed E-state index contributed by atoms with van der Waals surface area (Å²) in [6.07, 6.45) is 4.04. The molecule has 0 atom stereocenters. The van der Waals surface area contributed by atoms with E-state index in [-0.39, 0.29) is 12.3 Å². The van der Waals surface area contributed by atoms with Crippen molar-refractivity contribution in [3.63, 3.8) is 0 Å². The van der Waals surface area contributed by atoms with E-state index in [1.807, 2.05) is 18.2 Å². The quantitative estimate of drug-likeness (QED) is 0.846. The first kappa shape index (κ1) is 15.5. The minimum Gasteiger partial charge on any atom is -0.481 e. The van der Waals surface area contributed by atoms with Crippen LogP contribution in [0.2, 0.25) is 0 Å². The Morgan fingerprint density at radius 1 is 1.19 bits per heavy atom. The van der Waals surface area contributed by atoms with Crippen LogP contribution in [0.25, 0.3) is 0 Å². The van der Waals surface area contributed by atoms with E-state index in [9.17, 15) is 14.7 Å². The summed E-state index contributed by atoms with van der Waals surface area (Å²) < 4.78 is 0. The van der Waals surface area contributed by atoms with E-state index in [2.05, 4.69) is 18.3 Å². The van der Waals surface area contributed by atoms with Gasteiger partial charge in [0.05, 0.1) is 5.41 Å². The van der Waals surface area contributed by atoms with Crippen molar-refractivity contribution in [3.05, 3.63) is 35.4 Å². The third kappa shape index (κ3) is 3.63. The smallest absolute Gasteiger partial charge is 0.310 e. The number of carbonyl (C=O) groups is 2. The molecule has 4 nitrogen and oxygen atoms in total. The lowest BCUT2D eigenvalue weighted by atomic mass is 9.82. The highest BCUT2D eigenvalue weighted by molar-refractivity contribution is 5.85. The number of carbonyl (C=O) groups excluding carboxylic acids is 1. The second-order valence-corrected chi connectivity index (χ2v) is 5.87. The Morgan fingerprint density at radius 3 is 2.38 bits per heavy atom. The average molecular weight is 289 g/mol. The van der Waals surface area contributed by atoms with Gasteiger partial charge in [-0.15, -0.1) is 0 Å². The van der Waals surface area contributed by atoms with Crippen molar-refractivity contribution in [3.8, 4) is 0 Å². The van der Waals surface area contributed by atoms with Crippen molar-refractivity contribution in [1.29, 1.82) is 0 Å². The van der Waals surface area contributed by atoms with Gasteiger partial charge in [-0.2, -0.15) is 0 Å². The third-order valence-corrected chi connectivity index (χ3v) is 4.49. The van der Waals surface area contributed by atoms with Gasteiger partial charge in [-0.05, 0) is 30.4 Å². The highest BCUT2D eigenvalue weighted by Crippen LogP contribution is 2.41. The molecule has 0 bridgehead atoms. The Hall–Kier alpha value is -1.84. The van der Waals surface area contributed by atoms with Crippen molar-refractivity contribution < 1.29 is 14.7 Å². The standard InChI is InChI=1S/C17H23NO3/c1-2-13-7-3-4-8-14(13)12-18-15(19)11-17(16(20)21)9-5-6-10-17/h3-4,7-8H,2,5-6,9-12H2,1H3,(H,18,19)(H,20,21). The van der Waals surface area contributed by atoms with E-state index < -0.39 is 11.4 Å². The van der Waals surface area contributed by atoms with Crippen LogP contribution < -0.4 is 5.32 Å². The highest BCUT2D eigenvalue weighted by Gasteiger charge is 2.42. The Labute approximate surface area is 125 Å². The van der Waals surface area contributed by atoms with Crippen molar-refractivity contribution in [1.82, 2.24) is 5.32 Å². The van der Waals surface area contributed by atoms with E-state index in [0.29, 0.717) is 19.4 Å². The molecule has 114 valence electrons. The van der Waals surface area contributed by atoms with Crippen LogP contribution in [-0.2, 0) is 22.6 Å². The molecule has 0 heterocycles. The first-order valence-corrected chi connectivity index (χ1v) is 7.64. The molecule has 4 heteroatoms. The van der Waals surface area contributed by atoms with Crippen LogP contribution >= 0.6 is 0 Å². The minimum absolute atomic E-state index is 0.0939. The Kier molecular flexibility index (Phi) is 4.99. The van der Waals surface area contributed by atoms with E-state index in [1.165, 1.54) is 5.56 Å². The molecule has 1 aromatic rings. The van der Waals surface area contributed by atoms with Crippen molar-refractivity contribution in [2.75, 3.05) is 0 Å². The van der Waals surface area contributed by atoms with Crippen molar-refractivity contribution >= 4 is 11.9 Å². The van der Waals surface area contributed by atoms with Crippen LogP contribution in [0.15, 0.2) is 24.3 Å². The Bertz CT molecular complexity index is 519. The third-order valence-electron chi connectivity index (χ3n) is 4.49. The summed E-state index contributed by atoms with van der Waals surface area (Å²) in [7, 11) is 0. The number of amides is 1. The number of aliphatic carboxylic acids is 1. The van der Waals surface area contributed by atoms with Crippen LogP contribution in [0.3, 0.4) is 0 Å². The lowest BCUT2D eigenvalue weighted by Gasteiger charge is -2.23. The molecule has 1 amide bonds. The number of carboxylic acids is 1. The summed E-state index contributed by atoms with van der Waals surface area (Å²) in [5, 5.41) is 12.3. The zero-order valence-electron chi connectivity index (χ0n) is 12.5. The van der Waals surface area contributed by atoms with Crippen molar-refractivity contribution in [2.24, 2.45) is 5.41 Å². The Morgan fingerprint density at radius 2 is 1.81 bits per heavy atom. The van der Waals surface area contributed by atoms with Gasteiger partial charge in [0, 0.05) is 13.0 Å². The molecule has 0 saturated heterocycles. The predicted molar refractivity (Wildman–Crippen MR) is 80.8 cm³/mol. The van der Waals surface area contributed by atoms with Crippen LogP contribution in [0, 0.1) is 5.41 Å². The van der Waals surface area contributed by atoms with E-state index >= 15 is 0 Å². The number of carboxylic acid groups (broad SMARTS) is 1. The molecule has 0 spiro atoms. The van der Waals surface area contributed by atoms with Gasteiger partial charge in [0.25, 0.3) is 0 Å². The van der Waals surface area contributed by atoms with Gasteiger partial charge in [0.2, 0.25) is 5.91 Å². The van der Waals surface area contributed by atoms with Gasteiger partial charge in [-0.3, -0.25) is 9.59 Å². The molecule has 1 saturated carbocycles. The summed E-state index contributed by atoms with van der Waals surface area (Å²) in [6, 6.07) is 8.00. The van der Waals surface area contributed by atoms with Crippen molar-refractivity contribution in [2.45, 2.75) is 52.0 Å². The van der Waals surface area contributed by atoms with Gasteiger partial charge in [-0.1, -0.05) is 44.0 Å². The van der Waals surface area contributed by atoms with Crippen LogP contribution in [-0.4, -0.2) is 17.0 Å². The van der Waals surface area contributed by atoms with E-state index in [1.54, 1.807) is 0 Å². The topological polar surface area (TPSA) is 66.4 Å². The minimum atomic E-state index is -0.839. The molecule has 0 aliphatic heterocycles. The van der Waals surface area contributed by atoms with Gasteiger partial charge < -0.3 is 10.4 Å². The molecule has 21 heavy (non-hydrogen) atoms. The largest absolute Gasteiger partial charge is 0.481 e. The van der Waals surface area contributed by atoms with E-state index in [4.69, 9.17) is 0 Å². The number of nitrogens with one attached hydrogen (secondary N) is 1. The van der Waals surface area contributed by atoms with Gasteiger partial charge in [-0.25, -0.2) is 0 Å². The van der Waals surface area contributed by atoms with Crippen LogP contribution in [0.5, 0.6) is 0 Å². The average Bonchev–Trinajstić information content (AvgIpc) is 2.95. The first-order valence-electron chi connectivity index (χ1n) is 7.64. The number of benzene rings is 1. The lowest BCUT2D eigenvalue weighted by molar-refractivity contribution is -0.151. The first-order chi connectivity index (χ1) is 10.1. The lowest BCUT2D eigenvalue weighted by Crippen LogP contribution is -2.35. The molecule has 0 radical (unpaired) electrons. The summed E-state index contributed by atoms with van der Waals surface area (Å²) in [4.78, 5) is 23.6. The molecule has 1 fully saturated rings. The molecule has 1 aliphatic rings. The molecular weight excluding hydrogens is 266 g/mol. The number of rotatable bonds is 6. The monoisotopic (exact) mass is 289 g/mol. The summed E-state index contributed by atoms with van der Waals surface area (Å²) in [5.74, 6) is -0.991. The summed E-state index contributed by atoms with van der Waals surface area (Å²) >= 11 is 0. The maximum absolute atomic E-state index is 12.1. The number of aryl methyl sites for hydroxylation is 1. The molecule has 0 unspecified atom stereocenters. The zero-order chi connectivity index (χ0) is 15.3. The molecule has 0 aromatic heterocycles. The van der Waals surface area contributed by atoms with Crippen LogP contribution in [0.4, 0.5) is 0 Å². The fraction of sp³-hybridized carbons (Fsp3) is 0.529. The van der Waals surface area contributed by atoms with Gasteiger partial charge >= 0.3 is 5.97 Å². The summed E-state index contributed by atoms with van der Waals surface area (Å²) in [6.45, 7) is 2.55. The van der Waals surface area contributed by atoms with Gasteiger partial charge in [0.1, 0.15) is 0 Å². The van der Waals surface area contributed by atoms with Crippen LogP contribution in [0.1, 0.15) is 50.2 Å². The molecular formula is C17H23NO3.